The number of aryl methyl sites for hydroxylation is 1. The second-order valence-corrected chi connectivity index (χ2v) is 12.6. The summed E-state index contributed by atoms with van der Waals surface area (Å²) in [6.07, 6.45) is 3.57. The van der Waals surface area contributed by atoms with Gasteiger partial charge in [-0.2, -0.15) is 0 Å². The van der Waals surface area contributed by atoms with Gasteiger partial charge in [-0.3, -0.25) is 9.59 Å². The normalized spacial score (nSPS) is 14.5. The molecule has 1 heterocycles. The van der Waals surface area contributed by atoms with Crippen molar-refractivity contribution in [2.45, 2.75) is 71.1 Å². The Labute approximate surface area is 265 Å². The Hall–Kier alpha value is -4.18. The van der Waals surface area contributed by atoms with Crippen molar-refractivity contribution in [3.63, 3.8) is 0 Å². The zero-order valence-electron chi connectivity index (χ0n) is 26.8. The summed E-state index contributed by atoms with van der Waals surface area (Å²) in [4.78, 5) is 54.4. The molecule has 1 saturated carbocycles. The molecule has 0 spiro atoms. The highest BCUT2D eigenvalue weighted by Crippen LogP contribution is 2.29. The molecule has 10 heteroatoms. The molecule has 2 aromatic carbocycles. The first-order chi connectivity index (χ1) is 21.5. The smallest absolute Gasteiger partial charge is 0.410 e. The first-order valence-corrected chi connectivity index (χ1v) is 15.8. The number of pyridine rings is 1. The molecular formula is C35H46N4O6. The third kappa shape index (κ3) is 9.65. The number of amides is 2. The fourth-order valence-electron chi connectivity index (χ4n) is 5.70. The maximum Gasteiger partial charge on any atom is 0.410 e. The minimum absolute atomic E-state index is 0.00637. The molecule has 1 aliphatic carbocycles. The van der Waals surface area contributed by atoms with Gasteiger partial charge >= 0.3 is 12.2 Å². The average Bonchev–Trinajstić information content (AvgIpc) is 3.03. The second-order valence-electron chi connectivity index (χ2n) is 12.6. The standard InChI is InChI=1S/C35H46N4O6/c1-35(2,3)45-33(42)37-20-22-39(34(43)44-24-25-13-7-5-8-14-25)21-19-36-30(31(40)26-15-9-6-10-16-26)28-23-27-17-11-12-18-29(27)38(4)32(28)41/h5,7-8,11-14,17-18,23,26,30,36H,6,9-10,15-16,19-22,24H2,1-4H3,(H,37,42). The number of alkyl carbamates (subject to hydrolysis) is 1. The van der Waals surface area contributed by atoms with Gasteiger partial charge in [-0.05, 0) is 56.7 Å². The lowest BCUT2D eigenvalue weighted by molar-refractivity contribution is -0.126. The molecule has 10 nitrogen and oxygen atoms in total. The van der Waals surface area contributed by atoms with Crippen molar-refractivity contribution in [2.24, 2.45) is 13.0 Å². The lowest BCUT2D eigenvalue weighted by Gasteiger charge is -2.28. The van der Waals surface area contributed by atoms with E-state index in [9.17, 15) is 19.2 Å². The van der Waals surface area contributed by atoms with Crippen molar-refractivity contribution in [3.8, 4) is 0 Å². The Kier molecular flexibility index (Phi) is 11.8. The Balaban J connectivity index is 1.51. The number of carbonyl (C=O) groups excluding carboxylic acids is 3. The predicted octanol–water partition coefficient (Wildman–Crippen LogP) is 5.48. The summed E-state index contributed by atoms with van der Waals surface area (Å²) in [5.74, 6) is -0.121. The van der Waals surface area contributed by atoms with Crippen LogP contribution in [0.1, 0.15) is 70.0 Å². The number of nitrogens with one attached hydrogen (secondary N) is 2. The number of ether oxygens (including phenoxy) is 2. The number of benzene rings is 2. The Morgan fingerprint density at radius 2 is 1.62 bits per heavy atom. The van der Waals surface area contributed by atoms with Crippen molar-refractivity contribution in [2.75, 3.05) is 26.2 Å². The molecule has 0 radical (unpaired) electrons. The summed E-state index contributed by atoms with van der Waals surface area (Å²) in [7, 11) is 1.72. The fraction of sp³-hybridized carbons (Fsp3) is 0.486. The number of hydrogen-bond acceptors (Lipinski definition) is 7. The number of carbonyl (C=O) groups is 3. The van der Waals surface area contributed by atoms with E-state index >= 15 is 0 Å². The molecule has 1 atom stereocenters. The van der Waals surface area contributed by atoms with E-state index in [0.717, 1.165) is 48.6 Å². The first kappa shape index (κ1) is 33.7. The number of nitrogens with zero attached hydrogens (tertiary/aromatic N) is 2. The second kappa shape index (κ2) is 15.7. The zero-order valence-corrected chi connectivity index (χ0v) is 26.8. The highest BCUT2D eigenvalue weighted by atomic mass is 16.6. The lowest BCUT2D eigenvalue weighted by atomic mass is 9.82. The van der Waals surface area contributed by atoms with Crippen LogP contribution in [0.5, 0.6) is 0 Å². The molecular weight excluding hydrogens is 572 g/mol. The van der Waals surface area contributed by atoms with Gasteiger partial charge in [-0.15, -0.1) is 0 Å². The molecule has 1 unspecified atom stereocenters. The quantitative estimate of drug-likeness (QED) is 0.276. The molecule has 2 amide bonds. The summed E-state index contributed by atoms with van der Waals surface area (Å²) < 4.78 is 12.5. The zero-order chi connectivity index (χ0) is 32.4. The monoisotopic (exact) mass is 618 g/mol. The molecule has 1 fully saturated rings. The van der Waals surface area contributed by atoms with Gasteiger partial charge in [-0.1, -0.05) is 67.8 Å². The largest absolute Gasteiger partial charge is 0.445 e. The Morgan fingerprint density at radius 1 is 0.956 bits per heavy atom. The average molecular weight is 619 g/mol. The van der Waals surface area contributed by atoms with Crippen molar-refractivity contribution in [1.29, 1.82) is 0 Å². The minimum Gasteiger partial charge on any atom is -0.445 e. The van der Waals surface area contributed by atoms with Crippen LogP contribution in [0.3, 0.4) is 0 Å². The van der Waals surface area contributed by atoms with Crippen LogP contribution in [-0.4, -0.2) is 59.2 Å². The highest BCUT2D eigenvalue weighted by Gasteiger charge is 2.31. The SMILES string of the molecule is Cn1c(=O)c(C(NCCN(CCNC(=O)OC(C)(C)C)C(=O)OCc2ccccc2)C(=O)C2CCCCC2)cc2ccccc21. The van der Waals surface area contributed by atoms with Crippen molar-refractivity contribution in [1.82, 2.24) is 20.1 Å². The predicted molar refractivity (Wildman–Crippen MR) is 174 cm³/mol. The van der Waals surface area contributed by atoms with E-state index in [1.54, 1.807) is 32.4 Å². The number of fused-ring (bicyclic) bond motifs is 1. The third-order valence-electron chi connectivity index (χ3n) is 8.01. The van der Waals surface area contributed by atoms with Gasteiger partial charge in [-0.25, -0.2) is 9.59 Å². The van der Waals surface area contributed by atoms with E-state index in [2.05, 4.69) is 10.6 Å². The molecule has 45 heavy (non-hydrogen) atoms. The van der Waals surface area contributed by atoms with Crippen LogP contribution in [0, 0.1) is 5.92 Å². The van der Waals surface area contributed by atoms with Crippen LogP contribution in [-0.2, 0) is 27.9 Å². The van der Waals surface area contributed by atoms with Gasteiger partial charge in [0.25, 0.3) is 5.56 Å². The van der Waals surface area contributed by atoms with E-state index in [1.165, 1.54) is 4.90 Å². The maximum atomic E-state index is 14.0. The van der Waals surface area contributed by atoms with Crippen molar-refractivity contribution < 1.29 is 23.9 Å². The molecule has 242 valence electrons. The van der Waals surface area contributed by atoms with Crippen molar-refractivity contribution >= 4 is 28.9 Å². The third-order valence-corrected chi connectivity index (χ3v) is 8.01. The summed E-state index contributed by atoms with van der Waals surface area (Å²) in [6.45, 7) is 6.15. The lowest BCUT2D eigenvalue weighted by Crippen LogP contribution is -2.45. The van der Waals surface area contributed by atoms with Crippen LogP contribution >= 0.6 is 0 Å². The summed E-state index contributed by atoms with van der Waals surface area (Å²) in [5, 5.41) is 6.89. The number of hydrogen-bond donors (Lipinski definition) is 2. The Morgan fingerprint density at radius 3 is 2.33 bits per heavy atom. The number of ketones is 1. The van der Waals surface area contributed by atoms with Crippen LogP contribution < -0.4 is 16.2 Å². The highest BCUT2D eigenvalue weighted by molar-refractivity contribution is 5.89. The molecule has 0 aliphatic heterocycles. The van der Waals surface area contributed by atoms with Gasteiger partial charge in [0.15, 0.2) is 5.78 Å². The van der Waals surface area contributed by atoms with E-state index in [-0.39, 0.29) is 50.0 Å². The molecule has 2 N–H and O–H groups in total. The molecule has 0 bridgehead atoms. The molecule has 4 rings (SSSR count). The topological polar surface area (TPSA) is 119 Å². The van der Waals surface area contributed by atoms with Crippen LogP contribution in [0.2, 0.25) is 0 Å². The summed E-state index contributed by atoms with van der Waals surface area (Å²) in [5.41, 5.74) is 1.16. The van der Waals surface area contributed by atoms with Gasteiger partial charge in [0, 0.05) is 44.7 Å². The van der Waals surface area contributed by atoms with Crippen LogP contribution in [0.4, 0.5) is 9.59 Å². The fourth-order valence-corrected chi connectivity index (χ4v) is 5.70. The van der Waals surface area contributed by atoms with Gasteiger partial charge in [0.2, 0.25) is 0 Å². The minimum atomic E-state index is -0.821. The van der Waals surface area contributed by atoms with E-state index < -0.39 is 23.8 Å². The Bertz CT molecular complexity index is 1510. The van der Waals surface area contributed by atoms with Crippen molar-refractivity contribution in [3.05, 3.63) is 82.1 Å². The number of aromatic nitrogens is 1. The van der Waals surface area contributed by atoms with E-state index in [0.29, 0.717) is 5.56 Å². The number of rotatable bonds is 12. The number of para-hydroxylation sites is 1. The first-order valence-electron chi connectivity index (χ1n) is 15.8. The van der Waals surface area contributed by atoms with Gasteiger partial charge in [0.05, 0.1) is 11.6 Å². The number of Topliss-reactive ketones (excluding diaryl/α,β-unsaturated/α-hetero) is 1. The summed E-state index contributed by atoms with van der Waals surface area (Å²) >= 11 is 0. The van der Waals surface area contributed by atoms with Crippen LogP contribution in [0.25, 0.3) is 10.9 Å². The molecule has 1 aliphatic rings. The molecule has 3 aromatic rings. The summed E-state index contributed by atoms with van der Waals surface area (Å²) in [6, 6.07) is 18.0. The molecule has 0 saturated heterocycles. The van der Waals surface area contributed by atoms with Gasteiger partial charge < -0.3 is 29.6 Å². The van der Waals surface area contributed by atoms with Crippen LogP contribution in [0.15, 0.2) is 65.5 Å². The van der Waals surface area contributed by atoms with E-state index in [4.69, 9.17) is 9.47 Å². The maximum absolute atomic E-state index is 14.0. The molecule has 1 aromatic heterocycles. The van der Waals surface area contributed by atoms with E-state index in [1.807, 2.05) is 60.7 Å². The van der Waals surface area contributed by atoms with Gasteiger partial charge in [0.1, 0.15) is 12.2 Å².